The van der Waals surface area contributed by atoms with Crippen molar-refractivity contribution in [3.8, 4) is 0 Å². The summed E-state index contributed by atoms with van der Waals surface area (Å²) < 4.78 is 0. The lowest BCUT2D eigenvalue weighted by Crippen LogP contribution is -2.75. The summed E-state index contributed by atoms with van der Waals surface area (Å²) in [6.45, 7) is 0. The Morgan fingerprint density at radius 3 is 1.03 bits per heavy atom. The monoisotopic (exact) mass is 450 g/mol. The van der Waals surface area contributed by atoms with Crippen LogP contribution in [0.25, 0.3) is 0 Å². The van der Waals surface area contributed by atoms with Crippen LogP contribution in [0, 0.1) is 35.5 Å². The molecular weight excluding hydrogens is 408 g/mol. The van der Waals surface area contributed by atoms with E-state index in [1.54, 1.807) is 0 Å². The van der Waals surface area contributed by atoms with Gasteiger partial charge in [0.2, 0.25) is 0 Å². The smallest absolute Gasteiger partial charge is 0.142 e. The molecule has 180 valence electrons. The Kier molecular flexibility index (Phi) is 5.39. The Hall–Kier alpha value is -1.59. The molecule has 1 saturated heterocycles. The summed E-state index contributed by atoms with van der Waals surface area (Å²) in [7, 11) is 0. The lowest BCUT2D eigenvalue weighted by Gasteiger charge is -2.63. The van der Waals surface area contributed by atoms with Crippen molar-refractivity contribution in [1.82, 2.24) is 15.0 Å². The molecule has 4 fully saturated rings. The maximum absolute atomic E-state index is 5.27. The van der Waals surface area contributed by atoms with Gasteiger partial charge in [-0.25, -0.2) is 15.0 Å². The average molecular weight is 451 g/mol. The van der Waals surface area contributed by atoms with Crippen LogP contribution in [0.3, 0.4) is 0 Å². The molecular formula is C27H42N6. The molecule has 0 N–H and O–H groups in total. The van der Waals surface area contributed by atoms with Gasteiger partial charge in [-0.15, -0.1) is 0 Å². The van der Waals surface area contributed by atoms with Crippen molar-refractivity contribution in [3.05, 3.63) is 0 Å². The fraction of sp³-hybridized carbons (Fsp3) is 0.889. The molecule has 7 aliphatic rings. The van der Waals surface area contributed by atoms with E-state index in [0.29, 0.717) is 54.0 Å². The number of hydrogen-bond acceptors (Lipinski definition) is 6. The third-order valence-electron chi connectivity index (χ3n) is 10.3. The summed E-state index contributed by atoms with van der Waals surface area (Å²) in [5.74, 6) is 3.85. The highest BCUT2D eigenvalue weighted by Crippen LogP contribution is 2.50. The Balaban J connectivity index is 1.34. The number of hydrogen-bond donors (Lipinski definition) is 0. The van der Waals surface area contributed by atoms with Gasteiger partial charge in [-0.05, 0) is 38.5 Å². The van der Waals surface area contributed by atoms with E-state index in [9.17, 15) is 0 Å². The first-order valence-electron chi connectivity index (χ1n) is 14.4. The predicted molar refractivity (Wildman–Crippen MR) is 133 cm³/mol. The van der Waals surface area contributed by atoms with Gasteiger partial charge >= 0.3 is 0 Å². The normalized spacial score (nSPS) is 46.5. The average Bonchev–Trinajstić information content (AvgIpc) is 3.34. The van der Waals surface area contributed by atoms with Crippen LogP contribution in [0.2, 0.25) is 0 Å². The van der Waals surface area contributed by atoms with Gasteiger partial charge in [0.25, 0.3) is 0 Å². The van der Waals surface area contributed by atoms with E-state index in [-0.39, 0.29) is 0 Å². The quantitative estimate of drug-likeness (QED) is 0.491. The number of hydrazone groups is 3. The third-order valence-corrected chi connectivity index (χ3v) is 10.3. The van der Waals surface area contributed by atoms with Gasteiger partial charge in [-0.1, -0.05) is 57.8 Å². The molecule has 0 spiro atoms. The Morgan fingerprint density at radius 1 is 0.394 bits per heavy atom. The van der Waals surface area contributed by atoms with E-state index in [0.717, 1.165) is 0 Å². The highest BCUT2D eigenvalue weighted by atomic mass is 15.8. The minimum Gasteiger partial charge on any atom is -0.249 e. The first-order valence-corrected chi connectivity index (χ1v) is 14.4. The van der Waals surface area contributed by atoms with Crippen LogP contribution in [-0.2, 0) is 0 Å². The van der Waals surface area contributed by atoms with Crippen molar-refractivity contribution in [2.75, 3.05) is 0 Å². The zero-order valence-corrected chi connectivity index (χ0v) is 20.2. The van der Waals surface area contributed by atoms with E-state index < -0.39 is 0 Å². The summed E-state index contributed by atoms with van der Waals surface area (Å²) in [6, 6.07) is 0. The molecule has 6 atom stereocenters. The van der Waals surface area contributed by atoms with Gasteiger partial charge in [-0.2, -0.15) is 15.3 Å². The van der Waals surface area contributed by atoms with Crippen molar-refractivity contribution < 1.29 is 0 Å². The van der Waals surface area contributed by atoms with E-state index in [1.165, 1.54) is 96.3 Å². The van der Waals surface area contributed by atoms with Crippen molar-refractivity contribution in [2.45, 2.75) is 115 Å². The molecule has 0 aromatic rings. The second-order valence-electron chi connectivity index (χ2n) is 12.1. The molecule has 6 heteroatoms. The van der Waals surface area contributed by atoms with Crippen molar-refractivity contribution in [1.29, 1.82) is 0 Å². The minimum atomic E-state index is 0.321. The second-order valence-corrected chi connectivity index (χ2v) is 12.1. The van der Waals surface area contributed by atoms with Gasteiger partial charge < -0.3 is 0 Å². The Labute approximate surface area is 199 Å². The molecule has 0 amide bonds. The lowest BCUT2D eigenvalue weighted by molar-refractivity contribution is -0.238. The van der Waals surface area contributed by atoms with Crippen LogP contribution in [0.4, 0.5) is 0 Å². The molecule has 0 aromatic heterocycles. The molecule has 7 rings (SSSR count). The fourth-order valence-corrected chi connectivity index (χ4v) is 8.67. The van der Waals surface area contributed by atoms with Gasteiger partial charge in [0.05, 0.1) is 0 Å². The van der Waals surface area contributed by atoms with Crippen molar-refractivity contribution >= 4 is 18.6 Å². The van der Waals surface area contributed by atoms with E-state index in [1.807, 2.05) is 0 Å². The van der Waals surface area contributed by atoms with Crippen molar-refractivity contribution in [2.24, 2.45) is 50.8 Å². The van der Waals surface area contributed by atoms with E-state index in [4.69, 9.17) is 15.3 Å². The molecule has 0 radical (unpaired) electrons. The maximum atomic E-state index is 5.27. The second kappa shape index (κ2) is 8.57. The molecule has 0 bridgehead atoms. The van der Waals surface area contributed by atoms with Crippen LogP contribution in [0.15, 0.2) is 15.3 Å². The minimum absolute atomic E-state index is 0.321. The van der Waals surface area contributed by atoms with E-state index in [2.05, 4.69) is 33.7 Å². The first kappa shape index (κ1) is 20.8. The highest BCUT2D eigenvalue weighted by Gasteiger charge is 2.58. The summed E-state index contributed by atoms with van der Waals surface area (Å²) in [6.07, 6.45) is 28.3. The van der Waals surface area contributed by atoms with Crippen LogP contribution >= 0.6 is 0 Å². The highest BCUT2D eigenvalue weighted by molar-refractivity contribution is 5.65. The molecule has 6 unspecified atom stereocenters. The molecule has 4 aliphatic heterocycles. The Morgan fingerprint density at radius 2 is 0.697 bits per heavy atom. The van der Waals surface area contributed by atoms with Crippen molar-refractivity contribution in [3.63, 3.8) is 0 Å². The predicted octanol–water partition coefficient (Wildman–Crippen LogP) is 5.47. The maximum Gasteiger partial charge on any atom is 0.142 e. The van der Waals surface area contributed by atoms with Crippen LogP contribution in [0.5, 0.6) is 0 Å². The number of fused-ring (bicyclic) bond motifs is 12. The SMILES string of the molecule is C1=NN2C3C4CCCCCC4C=NN3C3C4CCCCCC4C=NN3C2C2CCCCCC12. The molecule has 4 heterocycles. The van der Waals surface area contributed by atoms with Crippen LogP contribution in [-0.4, -0.2) is 52.2 Å². The standard InChI is InChI=1S/C27H42N6/c1-4-10-19-16-28-31-25(22(19)13-7-1)32-27(24-15-9-2-5-11-20(24)17-29-32)33-26(31)23-14-8-3-6-12-21(23)18-30-33/h16-27H,1-15H2. The summed E-state index contributed by atoms with van der Waals surface area (Å²) in [4.78, 5) is 0. The summed E-state index contributed by atoms with van der Waals surface area (Å²) in [5.41, 5.74) is 0. The molecule has 3 saturated carbocycles. The molecule has 33 heavy (non-hydrogen) atoms. The number of rotatable bonds is 0. The summed E-state index contributed by atoms with van der Waals surface area (Å²) >= 11 is 0. The largest absolute Gasteiger partial charge is 0.249 e. The topological polar surface area (TPSA) is 46.8 Å². The number of nitrogens with zero attached hydrogens (tertiary/aromatic N) is 6. The third kappa shape index (κ3) is 3.36. The summed E-state index contributed by atoms with van der Waals surface area (Å²) in [5, 5.41) is 23.4. The van der Waals surface area contributed by atoms with Gasteiger partial charge in [-0.3, -0.25) is 0 Å². The zero-order valence-electron chi connectivity index (χ0n) is 20.2. The molecule has 3 aliphatic carbocycles. The Bertz CT molecular complexity index is 692. The van der Waals surface area contributed by atoms with Gasteiger partial charge in [0, 0.05) is 54.2 Å². The first-order chi connectivity index (χ1) is 16.4. The van der Waals surface area contributed by atoms with Gasteiger partial charge in [0.1, 0.15) is 18.5 Å². The van der Waals surface area contributed by atoms with Crippen LogP contribution in [0.1, 0.15) is 96.3 Å². The van der Waals surface area contributed by atoms with E-state index >= 15 is 0 Å². The molecule has 0 aromatic carbocycles. The fourth-order valence-electron chi connectivity index (χ4n) is 8.67. The lowest BCUT2D eigenvalue weighted by atomic mass is 9.77. The molecule has 6 nitrogen and oxygen atoms in total. The zero-order chi connectivity index (χ0) is 21.8. The van der Waals surface area contributed by atoms with Crippen LogP contribution < -0.4 is 0 Å². The van der Waals surface area contributed by atoms with Gasteiger partial charge in [0.15, 0.2) is 0 Å².